The van der Waals surface area contributed by atoms with Crippen LogP contribution >= 0.6 is 0 Å². The minimum absolute atomic E-state index is 0.356. The zero-order valence-electron chi connectivity index (χ0n) is 11.8. The van der Waals surface area contributed by atoms with Crippen molar-refractivity contribution in [3.63, 3.8) is 0 Å². The zero-order chi connectivity index (χ0) is 14.0. The van der Waals surface area contributed by atoms with E-state index in [1.165, 1.54) is 10.9 Å². The third-order valence-electron chi connectivity index (χ3n) is 3.58. The summed E-state index contributed by atoms with van der Waals surface area (Å²) in [5, 5.41) is 2.35. The summed E-state index contributed by atoms with van der Waals surface area (Å²) in [5.41, 5.74) is 0.818. The summed E-state index contributed by atoms with van der Waals surface area (Å²) in [6, 6.07) is 24.8. The van der Waals surface area contributed by atoms with Crippen LogP contribution in [0.2, 0.25) is 0 Å². The summed E-state index contributed by atoms with van der Waals surface area (Å²) in [5.74, 6) is 0.928. The Morgan fingerprint density at radius 2 is 1.35 bits per heavy atom. The highest BCUT2D eigenvalue weighted by Crippen LogP contribution is 2.32. The van der Waals surface area contributed by atoms with Gasteiger partial charge in [0.15, 0.2) is 0 Å². The Balaban J connectivity index is 2.01. The molecule has 20 heavy (non-hydrogen) atoms. The second kappa shape index (κ2) is 5.01. The molecule has 0 spiro atoms. The Kier molecular flexibility index (Phi) is 3.19. The molecule has 0 saturated heterocycles. The predicted molar refractivity (Wildman–Crippen MR) is 84.0 cm³/mol. The molecule has 0 fully saturated rings. The molecular weight excluding hydrogens is 244 g/mol. The SMILES string of the molecule is CC(C)(Oc1cccc2ccccc12)c1ccccc1. The molecule has 0 aromatic heterocycles. The van der Waals surface area contributed by atoms with Gasteiger partial charge < -0.3 is 4.74 Å². The Morgan fingerprint density at radius 1 is 0.700 bits per heavy atom. The van der Waals surface area contributed by atoms with E-state index in [1.807, 2.05) is 36.4 Å². The van der Waals surface area contributed by atoms with Crippen LogP contribution < -0.4 is 4.74 Å². The van der Waals surface area contributed by atoms with Crippen LogP contribution in [-0.2, 0) is 5.60 Å². The maximum absolute atomic E-state index is 6.30. The lowest BCUT2D eigenvalue weighted by Gasteiger charge is -2.27. The van der Waals surface area contributed by atoms with Gasteiger partial charge >= 0.3 is 0 Å². The van der Waals surface area contributed by atoms with Crippen LogP contribution in [0, 0.1) is 0 Å². The maximum atomic E-state index is 6.30. The van der Waals surface area contributed by atoms with Crippen LogP contribution in [0.1, 0.15) is 19.4 Å². The van der Waals surface area contributed by atoms with Gasteiger partial charge in [0.25, 0.3) is 0 Å². The molecule has 0 N–H and O–H groups in total. The van der Waals surface area contributed by atoms with Gasteiger partial charge in [0.1, 0.15) is 11.4 Å². The highest BCUT2D eigenvalue weighted by Gasteiger charge is 2.22. The lowest BCUT2D eigenvalue weighted by atomic mass is 9.98. The van der Waals surface area contributed by atoms with Crippen molar-refractivity contribution in [3.8, 4) is 5.75 Å². The van der Waals surface area contributed by atoms with E-state index in [9.17, 15) is 0 Å². The second-order valence-corrected chi connectivity index (χ2v) is 5.46. The van der Waals surface area contributed by atoms with Gasteiger partial charge in [-0.05, 0) is 30.9 Å². The number of rotatable bonds is 3. The molecule has 100 valence electrons. The van der Waals surface area contributed by atoms with E-state index in [4.69, 9.17) is 4.74 Å². The highest BCUT2D eigenvalue weighted by molar-refractivity contribution is 5.88. The number of fused-ring (bicyclic) bond motifs is 1. The fourth-order valence-corrected chi connectivity index (χ4v) is 2.46. The molecule has 0 atom stereocenters. The summed E-state index contributed by atoms with van der Waals surface area (Å²) < 4.78 is 6.30. The molecule has 0 saturated carbocycles. The highest BCUT2D eigenvalue weighted by atomic mass is 16.5. The van der Waals surface area contributed by atoms with Crippen molar-refractivity contribution in [2.75, 3.05) is 0 Å². The van der Waals surface area contributed by atoms with Gasteiger partial charge in [-0.1, -0.05) is 66.7 Å². The number of hydrogen-bond acceptors (Lipinski definition) is 1. The van der Waals surface area contributed by atoms with Crippen molar-refractivity contribution >= 4 is 10.8 Å². The molecule has 0 radical (unpaired) electrons. The maximum Gasteiger partial charge on any atom is 0.128 e. The quantitative estimate of drug-likeness (QED) is 0.634. The number of ether oxygens (including phenoxy) is 1. The molecule has 0 aliphatic carbocycles. The average molecular weight is 262 g/mol. The van der Waals surface area contributed by atoms with E-state index < -0.39 is 0 Å². The van der Waals surface area contributed by atoms with Gasteiger partial charge in [0.05, 0.1) is 0 Å². The van der Waals surface area contributed by atoms with E-state index in [0.29, 0.717) is 0 Å². The van der Waals surface area contributed by atoms with Crippen molar-refractivity contribution in [1.29, 1.82) is 0 Å². The molecule has 0 amide bonds. The number of hydrogen-bond donors (Lipinski definition) is 0. The molecule has 3 aromatic rings. The Morgan fingerprint density at radius 3 is 2.15 bits per heavy atom. The fraction of sp³-hybridized carbons (Fsp3) is 0.158. The summed E-state index contributed by atoms with van der Waals surface area (Å²) >= 11 is 0. The predicted octanol–water partition coefficient (Wildman–Crippen LogP) is 5.15. The van der Waals surface area contributed by atoms with Crippen LogP contribution in [0.15, 0.2) is 72.8 Å². The van der Waals surface area contributed by atoms with E-state index in [0.717, 1.165) is 11.1 Å². The normalized spacial score (nSPS) is 11.5. The van der Waals surface area contributed by atoms with Gasteiger partial charge in [-0.2, -0.15) is 0 Å². The average Bonchev–Trinajstić information content (AvgIpc) is 2.48. The third-order valence-corrected chi connectivity index (χ3v) is 3.58. The van der Waals surface area contributed by atoms with Crippen LogP contribution in [0.25, 0.3) is 10.8 Å². The summed E-state index contributed by atoms with van der Waals surface area (Å²) in [7, 11) is 0. The zero-order valence-corrected chi connectivity index (χ0v) is 11.8. The number of benzene rings is 3. The topological polar surface area (TPSA) is 9.23 Å². The first-order valence-corrected chi connectivity index (χ1v) is 6.89. The lowest BCUT2D eigenvalue weighted by molar-refractivity contribution is 0.111. The molecule has 0 heterocycles. The van der Waals surface area contributed by atoms with Gasteiger partial charge in [0.2, 0.25) is 0 Å². The minimum Gasteiger partial charge on any atom is -0.483 e. The molecule has 3 aromatic carbocycles. The molecule has 1 nitrogen and oxygen atoms in total. The van der Waals surface area contributed by atoms with Crippen molar-refractivity contribution in [2.24, 2.45) is 0 Å². The molecule has 0 unspecified atom stereocenters. The molecular formula is C19H18O. The largest absolute Gasteiger partial charge is 0.483 e. The van der Waals surface area contributed by atoms with Gasteiger partial charge in [0, 0.05) is 5.39 Å². The van der Waals surface area contributed by atoms with E-state index in [2.05, 4.69) is 50.2 Å². The summed E-state index contributed by atoms with van der Waals surface area (Å²) in [4.78, 5) is 0. The molecule has 1 heteroatoms. The Labute approximate surface area is 119 Å². The Hall–Kier alpha value is -2.28. The first-order chi connectivity index (χ1) is 9.67. The second-order valence-electron chi connectivity index (χ2n) is 5.46. The van der Waals surface area contributed by atoms with Crippen molar-refractivity contribution in [2.45, 2.75) is 19.4 Å². The van der Waals surface area contributed by atoms with Gasteiger partial charge in [-0.25, -0.2) is 0 Å². The molecule has 0 aliphatic heterocycles. The van der Waals surface area contributed by atoms with Crippen LogP contribution in [0.5, 0.6) is 5.75 Å². The molecule has 0 bridgehead atoms. The monoisotopic (exact) mass is 262 g/mol. The van der Waals surface area contributed by atoms with Crippen LogP contribution in [0.3, 0.4) is 0 Å². The van der Waals surface area contributed by atoms with E-state index in [-0.39, 0.29) is 5.60 Å². The third kappa shape index (κ3) is 2.39. The van der Waals surface area contributed by atoms with Gasteiger partial charge in [-0.3, -0.25) is 0 Å². The van der Waals surface area contributed by atoms with Crippen molar-refractivity contribution in [3.05, 3.63) is 78.4 Å². The van der Waals surface area contributed by atoms with E-state index >= 15 is 0 Å². The smallest absolute Gasteiger partial charge is 0.128 e. The van der Waals surface area contributed by atoms with Gasteiger partial charge in [-0.15, -0.1) is 0 Å². The van der Waals surface area contributed by atoms with Crippen molar-refractivity contribution in [1.82, 2.24) is 0 Å². The van der Waals surface area contributed by atoms with Crippen LogP contribution in [-0.4, -0.2) is 0 Å². The lowest BCUT2D eigenvalue weighted by Crippen LogP contribution is -2.25. The summed E-state index contributed by atoms with van der Waals surface area (Å²) in [6.07, 6.45) is 0. The molecule has 3 rings (SSSR count). The Bertz CT molecular complexity index is 709. The molecule has 0 aliphatic rings. The van der Waals surface area contributed by atoms with Crippen molar-refractivity contribution < 1.29 is 4.74 Å². The summed E-state index contributed by atoms with van der Waals surface area (Å²) in [6.45, 7) is 4.20. The standard InChI is InChI=1S/C19H18O/c1-19(2,16-11-4-3-5-12-16)20-18-14-8-10-15-9-6-7-13-17(15)18/h3-14H,1-2H3. The first kappa shape index (κ1) is 12.7. The first-order valence-electron chi connectivity index (χ1n) is 6.89. The fourth-order valence-electron chi connectivity index (χ4n) is 2.46. The van der Waals surface area contributed by atoms with Crippen LogP contribution in [0.4, 0.5) is 0 Å². The van der Waals surface area contributed by atoms with E-state index in [1.54, 1.807) is 0 Å². The minimum atomic E-state index is -0.356.